The monoisotopic (exact) mass is 404 g/mol. The number of piperidine rings is 1. The fraction of sp³-hybridized carbons (Fsp3) is 0.684. The molecular weight excluding hydrogens is 377 g/mol. The van der Waals surface area contributed by atoms with Crippen LogP contribution in [0.2, 0.25) is 0 Å². The van der Waals surface area contributed by atoms with Crippen molar-refractivity contribution in [2.75, 3.05) is 13.6 Å². The Hall–Kier alpha value is -2.03. The Balaban J connectivity index is 0.000000345. The van der Waals surface area contributed by atoms with Crippen LogP contribution in [-0.2, 0) is 16.1 Å². The first kappa shape index (κ1) is 22.3. The fourth-order valence-electron chi connectivity index (χ4n) is 4.44. The molecule has 0 bridgehead atoms. The molecule has 6 nitrogen and oxygen atoms in total. The normalized spacial score (nSPS) is 25.7. The van der Waals surface area contributed by atoms with Gasteiger partial charge in [0.2, 0.25) is 5.91 Å². The molecule has 28 heavy (non-hydrogen) atoms. The minimum Gasteiger partial charge on any atom is -0.475 e. The summed E-state index contributed by atoms with van der Waals surface area (Å²) in [6.07, 6.45) is 0.0156. The number of hydrogen-bond donors (Lipinski definition) is 1. The number of aryl methyl sites for hydroxylation is 1. The van der Waals surface area contributed by atoms with Crippen molar-refractivity contribution in [3.05, 3.63) is 23.7 Å². The summed E-state index contributed by atoms with van der Waals surface area (Å²) in [4.78, 5) is 25.5. The van der Waals surface area contributed by atoms with E-state index in [1.54, 1.807) is 0 Å². The van der Waals surface area contributed by atoms with Crippen molar-refractivity contribution in [1.29, 1.82) is 0 Å². The molecule has 2 saturated heterocycles. The summed E-state index contributed by atoms with van der Waals surface area (Å²) < 4.78 is 37.5. The van der Waals surface area contributed by atoms with Gasteiger partial charge in [-0.1, -0.05) is 6.92 Å². The van der Waals surface area contributed by atoms with Crippen LogP contribution in [0.1, 0.15) is 50.5 Å². The number of carbonyl (C=O) groups is 2. The number of carboxylic acid groups (broad SMARTS) is 1. The lowest BCUT2D eigenvalue weighted by molar-refractivity contribution is -0.192. The zero-order chi connectivity index (χ0) is 21.1. The van der Waals surface area contributed by atoms with Crippen LogP contribution >= 0.6 is 0 Å². The van der Waals surface area contributed by atoms with Gasteiger partial charge in [0.1, 0.15) is 11.5 Å². The van der Waals surface area contributed by atoms with E-state index < -0.39 is 12.1 Å². The average molecular weight is 404 g/mol. The summed E-state index contributed by atoms with van der Waals surface area (Å²) in [5.74, 6) is -0.440. The molecule has 1 N–H and O–H groups in total. The van der Waals surface area contributed by atoms with Crippen LogP contribution in [0.3, 0.4) is 0 Å². The minimum atomic E-state index is -5.08. The molecule has 2 fully saturated rings. The third kappa shape index (κ3) is 4.68. The Labute approximate surface area is 162 Å². The van der Waals surface area contributed by atoms with Crippen LogP contribution in [0.25, 0.3) is 0 Å². The summed E-state index contributed by atoms with van der Waals surface area (Å²) in [6.45, 7) is 6.19. The third-order valence-corrected chi connectivity index (χ3v) is 5.71. The molecule has 1 amide bonds. The van der Waals surface area contributed by atoms with Gasteiger partial charge < -0.3 is 14.4 Å². The topological polar surface area (TPSA) is 74.0 Å². The molecular formula is C19H27F3N2O4. The number of furan rings is 1. The van der Waals surface area contributed by atoms with Gasteiger partial charge in [-0.25, -0.2) is 4.79 Å². The van der Waals surface area contributed by atoms with Gasteiger partial charge in [0, 0.05) is 19.5 Å². The van der Waals surface area contributed by atoms with Gasteiger partial charge in [-0.3, -0.25) is 9.69 Å². The molecule has 0 saturated carbocycles. The van der Waals surface area contributed by atoms with Crippen molar-refractivity contribution in [1.82, 2.24) is 9.80 Å². The number of carbonyl (C=O) groups excluding carboxylic acids is 1. The van der Waals surface area contributed by atoms with Crippen LogP contribution < -0.4 is 0 Å². The first-order chi connectivity index (χ1) is 13.0. The van der Waals surface area contributed by atoms with E-state index in [1.807, 2.05) is 24.9 Å². The second kappa shape index (κ2) is 8.55. The Morgan fingerprint density at radius 3 is 2.43 bits per heavy atom. The summed E-state index contributed by atoms with van der Waals surface area (Å²) >= 11 is 0. The number of amides is 1. The zero-order valence-corrected chi connectivity index (χ0v) is 16.4. The highest BCUT2D eigenvalue weighted by Gasteiger charge is 2.51. The highest BCUT2D eigenvalue weighted by molar-refractivity contribution is 5.79. The van der Waals surface area contributed by atoms with Crippen LogP contribution in [-0.4, -0.2) is 58.1 Å². The zero-order valence-electron chi connectivity index (χ0n) is 16.4. The van der Waals surface area contributed by atoms with E-state index in [4.69, 9.17) is 14.3 Å². The summed E-state index contributed by atoms with van der Waals surface area (Å²) in [5, 5.41) is 7.12. The van der Waals surface area contributed by atoms with Crippen LogP contribution in [0.4, 0.5) is 13.2 Å². The number of halogens is 3. The van der Waals surface area contributed by atoms with Gasteiger partial charge in [-0.2, -0.15) is 13.2 Å². The van der Waals surface area contributed by atoms with Gasteiger partial charge in [-0.15, -0.1) is 0 Å². The molecule has 0 aliphatic carbocycles. The van der Waals surface area contributed by atoms with Crippen molar-refractivity contribution in [3.63, 3.8) is 0 Å². The maximum absolute atomic E-state index is 12.1. The molecule has 2 aliphatic heterocycles. The summed E-state index contributed by atoms with van der Waals surface area (Å²) in [7, 11) is 2.00. The molecule has 9 heteroatoms. The standard InChI is InChI=1S/C17H26N2O2.C2HF3O2/c1-4-15-17(10-8-16(20)18(17)3)9-5-11-19(15)12-14-7-6-13(2)21-14;3-2(4,5)1(6)7/h6-7,15H,4-5,8-12H2,1-3H3;(H,6,7)/t15-,17-;/m0./s1. The van der Waals surface area contributed by atoms with E-state index in [0.29, 0.717) is 18.4 Å². The molecule has 0 aromatic carbocycles. The molecule has 1 aromatic heterocycles. The molecule has 0 unspecified atom stereocenters. The quantitative estimate of drug-likeness (QED) is 0.834. The molecule has 2 atom stereocenters. The highest BCUT2D eigenvalue weighted by Crippen LogP contribution is 2.42. The van der Waals surface area contributed by atoms with Crippen molar-refractivity contribution in [2.45, 2.75) is 70.3 Å². The maximum atomic E-state index is 12.1. The SMILES string of the molecule is CC[C@@H]1N(Cc2ccc(C)o2)CCC[C@]12CCC(=O)N2C.O=C(O)C(F)(F)F. The second-order valence-corrected chi connectivity index (χ2v) is 7.37. The van der Waals surface area contributed by atoms with E-state index >= 15 is 0 Å². The van der Waals surface area contributed by atoms with Gasteiger partial charge in [0.05, 0.1) is 12.1 Å². The Bertz CT molecular complexity index is 704. The van der Waals surface area contributed by atoms with Crippen molar-refractivity contribution < 1.29 is 32.3 Å². The van der Waals surface area contributed by atoms with Crippen molar-refractivity contribution >= 4 is 11.9 Å². The molecule has 3 rings (SSSR count). The number of aliphatic carboxylic acids is 1. The van der Waals surface area contributed by atoms with E-state index in [2.05, 4.69) is 17.9 Å². The second-order valence-electron chi connectivity index (χ2n) is 7.37. The van der Waals surface area contributed by atoms with Gasteiger partial charge in [0.25, 0.3) is 0 Å². The van der Waals surface area contributed by atoms with Gasteiger partial charge >= 0.3 is 12.1 Å². The minimum absolute atomic E-state index is 0.0473. The molecule has 3 heterocycles. The predicted octanol–water partition coefficient (Wildman–Crippen LogP) is 3.59. The Kier molecular flexibility index (Phi) is 6.80. The van der Waals surface area contributed by atoms with Gasteiger partial charge in [0.15, 0.2) is 0 Å². The van der Waals surface area contributed by atoms with E-state index in [-0.39, 0.29) is 5.54 Å². The molecule has 2 aliphatic rings. The van der Waals surface area contributed by atoms with Crippen LogP contribution in [0, 0.1) is 6.92 Å². The Morgan fingerprint density at radius 1 is 1.36 bits per heavy atom. The third-order valence-electron chi connectivity index (χ3n) is 5.71. The fourth-order valence-corrected chi connectivity index (χ4v) is 4.44. The number of rotatable bonds is 3. The van der Waals surface area contributed by atoms with Crippen molar-refractivity contribution in [3.8, 4) is 0 Å². The molecule has 158 valence electrons. The smallest absolute Gasteiger partial charge is 0.475 e. The summed E-state index contributed by atoms with van der Waals surface area (Å²) in [6, 6.07) is 4.54. The van der Waals surface area contributed by atoms with E-state index in [1.165, 1.54) is 0 Å². The average Bonchev–Trinajstić information content (AvgIpc) is 3.14. The number of likely N-dealkylation sites (tertiary alicyclic amines) is 2. The lowest BCUT2D eigenvalue weighted by Gasteiger charge is -2.51. The van der Waals surface area contributed by atoms with Crippen LogP contribution in [0.15, 0.2) is 16.5 Å². The largest absolute Gasteiger partial charge is 0.490 e. The molecule has 1 aromatic rings. The number of nitrogens with zero attached hydrogens (tertiary/aromatic N) is 2. The number of hydrogen-bond acceptors (Lipinski definition) is 4. The molecule has 0 radical (unpaired) electrons. The van der Waals surface area contributed by atoms with Gasteiger partial charge in [-0.05, 0) is 51.3 Å². The lowest BCUT2D eigenvalue weighted by Crippen LogP contribution is -2.61. The highest BCUT2D eigenvalue weighted by atomic mass is 19.4. The van der Waals surface area contributed by atoms with E-state index in [0.717, 1.165) is 50.3 Å². The number of alkyl halides is 3. The summed E-state index contributed by atoms with van der Waals surface area (Å²) in [5.41, 5.74) is 0.0473. The number of likely N-dealkylation sites (N-methyl/N-ethyl adjacent to an activating group) is 1. The number of carboxylic acids is 1. The molecule has 1 spiro atoms. The predicted molar refractivity (Wildman–Crippen MR) is 95.6 cm³/mol. The first-order valence-electron chi connectivity index (χ1n) is 9.37. The van der Waals surface area contributed by atoms with Crippen LogP contribution in [0.5, 0.6) is 0 Å². The lowest BCUT2D eigenvalue weighted by atomic mass is 9.77. The van der Waals surface area contributed by atoms with Crippen molar-refractivity contribution in [2.24, 2.45) is 0 Å². The van der Waals surface area contributed by atoms with E-state index in [9.17, 15) is 18.0 Å². The maximum Gasteiger partial charge on any atom is 0.490 e. The first-order valence-corrected chi connectivity index (χ1v) is 9.37. The Morgan fingerprint density at radius 2 is 2.00 bits per heavy atom.